The maximum atomic E-state index is 2.75. The smallest absolute Gasteiger partial charge is 0.252 e. The Balaban J connectivity index is 1.22. The predicted molar refractivity (Wildman–Crippen MR) is 240 cm³/mol. The van der Waals surface area contributed by atoms with Gasteiger partial charge in [0.05, 0.1) is 0 Å². The number of hydrogen-bond acceptors (Lipinski definition) is 2. The van der Waals surface area contributed by atoms with Crippen molar-refractivity contribution < 1.29 is 0 Å². The average Bonchev–Trinajstić information content (AvgIpc) is 3.78. The van der Waals surface area contributed by atoms with E-state index in [1.54, 1.807) is 44.5 Å². The first-order chi connectivity index (χ1) is 27.6. The van der Waals surface area contributed by atoms with E-state index in [2.05, 4.69) is 96.4 Å². The van der Waals surface area contributed by atoms with Crippen molar-refractivity contribution in [3.05, 3.63) is 123 Å². The van der Waals surface area contributed by atoms with Crippen LogP contribution in [-0.4, -0.2) is 6.71 Å². The molecule has 0 bridgehead atoms. The van der Waals surface area contributed by atoms with Crippen molar-refractivity contribution in [3.8, 4) is 0 Å². The van der Waals surface area contributed by atoms with Crippen molar-refractivity contribution in [1.82, 2.24) is 0 Å². The molecule has 4 aliphatic carbocycles. The topological polar surface area (TPSA) is 6.48 Å². The van der Waals surface area contributed by atoms with E-state index in [0.29, 0.717) is 5.92 Å². The SMILES string of the molecule is CC(C)c1cc2c3c(c1)N(c1ccc4c(c1)CCCCC4)c1cc4c(cc1B3c1cc3c(cc1N2c1ccc2c(c1)CCCCC2)CCCCC3)CCCCC4. The van der Waals surface area contributed by atoms with E-state index in [-0.39, 0.29) is 6.71 Å². The van der Waals surface area contributed by atoms with Crippen LogP contribution in [0.4, 0.5) is 34.1 Å². The molecule has 5 aromatic rings. The fourth-order valence-electron chi connectivity index (χ4n) is 11.8. The quantitative estimate of drug-likeness (QED) is 0.132. The number of rotatable bonds is 3. The molecule has 3 heteroatoms. The van der Waals surface area contributed by atoms with Crippen LogP contribution in [0.25, 0.3) is 0 Å². The van der Waals surface area contributed by atoms with E-state index in [4.69, 9.17) is 0 Å². The Bertz CT molecular complexity index is 2190. The van der Waals surface area contributed by atoms with Crippen LogP contribution in [0.3, 0.4) is 0 Å². The molecule has 0 aromatic heterocycles. The molecule has 0 fully saturated rings. The molecule has 56 heavy (non-hydrogen) atoms. The van der Waals surface area contributed by atoms with Gasteiger partial charge in [0.25, 0.3) is 6.71 Å². The highest BCUT2D eigenvalue weighted by atomic mass is 15.2. The third-order valence-electron chi connectivity index (χ3n) is 14.9. The molecule has 5 aromatic carbocycles. The molecule has 11 rings (SSSR count). The van der Waals surface area contributed by atoms with Crippen LogP contribution in [0, 0.1) is 0 Å². The summed E-state index contributed by atoms with van der Waals surface area (Å²) in [7, 11) is 0. The highest BCUT2D eigenvalue weighted by Gasteiger charge is 2.45. The van der Waals surface area contributed by atoms with Gasteiger partial charge in [0, 0.05) is 34.1 Å². The summed E-state index contributed by atoms with van der Waals surface area (Å²) >= 11 is 0. The Hall–Kier alpha value is -4.24. The highest BCUT2D eigenvalue weighted by Crippen LogP contribution is 2.47. The maximum absolute atomic E-state index is 2.75. The zero-order valence-corrected chi connectivity index (χ0v) is 34.1. The van der Waals surface area contributed by atoms with Crippen molar-refractivity contribution >= 4 is 57.2 Å². The van der Waals surface area contributed by atoms with Crippen LogP contribution in [0.2, 0.25) is 0 Å². The Morgan fingerprint density at radius 3 is 1.12 bits per heavy atom. The first-order valence-electron chi connectivity index (χ1n) is 22.9. The summed E-state index contributed by atoms with van der Waals surface area (Å²) < 4.78 is 0. The van der Waals surface area contributed by atoms with Gasteiger partial charge >= 0.3 is 0 Å². The lowest BCUT2D eigenvalue weighted by Crippen LogP contribution is -2.61. The van der Waals surface area contributed by atoms with Crippen molar-refractivity contribution in [1.29, 1.82) is 0 Å². The van der Waals surface area contributed by atoms with Gasteiger partial charge < -0.3 is 9.80 Å². The summed E-state index contributed by atoms with van der Waals surface area (Å²) in [5.74, 6) is 0.416. The van der Waals surface area contributed by atoms with Crippen LogP contribution < -0.4 is 26.2 Å². The lowest BCUT2D eigenvalue weighted by atomic mass is 9.33. The highest BCUT2D eigenvalue weighted by molar-refractivity contribution is 7.00. The molecule has 2 aliphatic heterocycles. The molecule has 0 saturated carbocycles. The molecule has 2 nitrogen and oxygen atoms in total. The van der Waals surface area contributed by atoms with E-state index in [9.17, 15) is 0 Å². The number of anilines is 6. The van der Waals surface area contributed by atoms with Crippen molar-refractivity contribution in [2.75, 3.05) is 9.80 Å². The third kappa shape index (κ3) is 5.89. The molecule has 2 heterocycles. The predicted octanol–water partition coefficient (Wildman–Crippen LogP) is 12.0. The van der Waals surface area contributed by atoms with Crippen molar-refractivity contribution in [2.45, 2.75) is 148 Å². The first kappa shape index (κ1) is 35.0. The van der Waals surface area contributed by atoms with E-state index in [1.165, 1.54) is 184 Å². The molecule has 0 N–H and O–H groups in total. The van der Waals surface area contributed by atoms with Crippen molar-refractivity contribution in [2.24, 2.45) is 0 Å². The number of aryl methyl sites for hydroxylation is 8. The third-order valence-corrected chi connectivity index (χ3v) is 14.9. The second-order valence-corrected chi connectivity index (χ2v) is 18.7. The standard InChI is InChI=1S/C53H59BN2/c1-35(2)44-33-51-53-52(34-44)56(46-26-24-37-16-8-4-10-18-39(37)28-46)50-32-43-22-14-6-12-20-41(43)30-48(50)54(53)47-29-40-19-11-5-13-21-42(40)31-49(47)55(51)45-25-23-36-15-7-3-9-17-38(36)27-45/h23-35H,3-22H2,1-2H3. The van der Waals surface area contributed by atoms with Crippen LogP contribution in [0.1, 0.15) is 147 Å². The van der Waals surface area contributed by atoms with Crippen LogP contribution >= 0.6 is 0 Å². The lowest BCUT2D eigenvalue weighted by molar-refractivity contribution is 0.711. The second kappa shape index (κ2) is 14.3. The van der Waals surface area contributed by atoms with Gasteiger partial charge in [0.2, 0.25) is 0 Å². The van der Waals surface area contributed by atoms with Crippen LogP contribution in [0.5, 0.6) is 0 Å². The largest absolute Gasteiger partial charge is 0.311 e. The van der Waals surface area contributed by atoms with Crippen molar-refractivity contribution in [3.63, 3.8) is 0 Å². The Labute approximate surface area is 336 Å². The average molecular weight is 735 g/mol. The molecule has 0 atom stereocenters. The van der Waals surface area contributed by atoms with E-state index in [1.807, 2.05) is 0 Å². The van der Waals surface area contributed by atoms with Gasteiger partial charge in [-0.2, -0.15) is 0 Å². The zero-order valence-electron chi connectivity index (χ0n) is 34.1. The Kier molecular flexibility index (Phi) is 8.93. The van der Waals surface area contributed by atoms with Crippen LogP contribution in [-0.2, 0) is 51.4 Å². The molecule has 0 unspecified atom stereocenters. The van der Waals surface area contributed by atoms with Gasteiger partial charge in [0.1, 0.15) is 0 Å². The fraction of sp³-hybridized carbons (Fsp3) is 0.434. The molecular weight excluding hydrogens is 675 g/mol. The molecule has 0 radical (unpaired) electrons. The monoisotopic (exact) mass is 734 g/mol. The molecule has 0 saturated heterocycles. The van der Waals surface area contributed by atoms with E-state index >= 15 is 0 Å². The fourth-order valence-corrected chi connectivity index (χ4v) is 11.8. The van der Waals surface area contributed by atoms with E-state index in [0.717, 1.165) is 0 Å². The minimum absolute atomic E-state index is 0.211. The zero-order chi connectivity index (χ0) is 37.3. The van der Waals surface area contributed by atoms with E-state index < -0.39 is 0 Å². The van der Waals surface area contributed by atoms with Gasteiger partial charge in [0.15, 0.2) is 0 Å². The lowest BCUT2D eigenvalue weighted by Gasteiger charge is -2.45. The Morgan fingerprint density at radius 1 is 0.375 bits per heavy atom. The number of fused-ring (bicyclic) bond motifs is 8. The first-order valence-corrected chi connectivity index (χ1v) is 22.9. The number of nitrogens with zero attached hydrogens (tertiary/aromatic N) is 2. The summed E-state index contributed by atoms with van der Waals surface area (Å²) in [4.78, 5) is 5.49. The summed E-state index contributed by atoms with van der Waals surface area (Å²) in [6.07, 6.45) is 25.5. The molecule has 0 spiro atoms. The maximum Gasteiger partial charge on any atom is 0.252 e. The molecule has 284 valence electrons. The Morgan fingerprint density at radius 2 is 0.732 bits per heavy atom. The normalized spacial score (nSPS) is 18.6. The van der Waals surface area contributed by atoms with Gasteiger partial charge in [-0.1, -0.05) is 63.8 Å². The minimum Gasteiger partial charge on any atom is -0.311 e. The minimum atomic E-state index is 0.211. The molecule has 0 amide bonds. The summed E-state index contributed by atoms with van der Waals surface area (Å²) in [5.41, 5.74) is 27.1. The van der Waals surface area contributed by atoms with Gasteiger partial charge in [-0.25, -0.2) is 0 Å². The summed E-state index contributed by atoms with van der Waals surface area (Å²) in [6.45, 7) is 5.01. The molecule has 6 aliphatic rings. The van der Waals surface area contributed by atoms with Crippen LogP contribution in [0.15, 0.2) is 72.8 Å². The number of hydrogen-bond donors (Lipinski definition) is 0. The van der Waals surface area contributed by atoms with Gasteiger partial charge in [-0.05, 0) is 224 Å². The van der Waals surface area contributed by atoms with Gasteiger partial charge in [-0.3, -0.25) is 0 Å². The summed E-state index contributed by atoms with van der Waals surface area (Å²) in [5, 5.41) is 0. The second-order valence-electron chi connectivity index (χ2n) is 18.7. The summed E-state index contributed by atoms with van der Waals surface area (Å²) in [6, 6.07) is 31.2. The number of benzene rings is 5. The van der Waals surface area contributed by atoms with Gasteiger partial charge in [-0.15, -0.1) is 0 Å². The molecular formula is C53H59BN2.